The molecule has 0 spiro atoms. The van der Waals surface area contributed by atoms with Crippen molar-refractivity contribution in [3.63, 3.8) is 0 Å². The lowest BCUT2D eigenvalue weighted by Gasteiger charge is -2.40. The van der Waals surface area contributed by atoms with E-state index in [1.165, 1.54) is 10.4 Å². The third-order valence-corrected chi connectivity index (χ3v) is 5.42. The Kier molecular flexibility index (Phi) is 4.77. The Bertz CT molecular complexity index is 578. The first-order valence-corrected chi connectivity index (χ1v) is 8.60. The van der Waals surface area contributed by atoms with Crippen LogP contribution in [0, 0.1) is 0 Å². The molecule has 2 heterocycles. The van der Waals surface area contributed by atoms with Crippen LogP contribution >= 0.6 is 0 Å². The van der Waals surface area contributed by atoms with Crippen LogP contribution in [0.25, 0.3) is 0 Å². The highest BCUT2D eigenvalue weighted by Crippen LogP contribution is 2.28. The van der Waals surface area contributed by atoms with Gasteiger partial charge in [0.2, 0.25) is 5.09 Å². The zero-order valence-corrected chi connectivity index (χ0v) is 13.9. The number of morpholine rings is 1. The molecule has 0 saturated carbocycles. The lowest BCUT2D eigenvalue weighted by Crippen LogP contribution is -2.55. The van der Waals surface area contributed by atoms with Gasteiger partial charge in [0.25, 0.3) is 10.0 Å². The monoisotopic (exact) mass is 316 g/mol. The second-order valence-electron chi connectivity index (χ2n) is 6.20. The molecule has 1 aliphatic heterocycles. The van der Waals surface area contributed by atoms with Gasteiger partial charge in [-0.3, -0.25) is 0 Å². The van der Waals surface area contributed by atoms with Crippen molar-refractivity contribution in [3.05, 3.63) is 17.9 Å². The molecular weight excluding hydrogens is 292 g/mol. The van der Waals surface area contributed by atoms with Crippen LogP contribution in [0.3, 0.4) is 0 Å². The number of nitrogens with zero attached hydrogens (tertiary/aromatic N) is 1. The number of hydrogen-bond donors (Lipinski definition) is 1. The van der Waals surface area contributed by atoms with Crippen molar-refractivity contribution in [2.75, 3.05) is 19.8 Å². The molecule has 0 atom stereocenters. The zero-order valence-electron chi connectivity index (χ0n) is 13.0. The SMILES string of the molecule is CC(C)NCc1ccc(S(=O)(=O)N2CCOCC2(C)C)o1. The molecule has 7 heteroatoms. The van der Waals surface area contributed by atoms with Crippen molar-refractivity contribution in [1.29, 1.82) is 0 Å². The molecule has 1 N–H and O–H groups in total. The third-order valence-electron chi connectivity index (χ3n) is 3.44. The maximum absolute atomic E-state index is 12.7. The summed E-state index contributed by atoms with van der Waals surface area (Å²) in [6.45, 7) is 9.41. The van der Waals surface area contributed by atoms with E-state index >= 15 is 0 Å². The predicted octanol–water partition coefficient (Wildman–Crippen LogP) is 1.58. The molecule has 6 nitrogen and oxygen atoms in total. The molecule has 0 radical (unpaired) electrons. The maximum Gasteiger partial charge on any atom is 0.277 e. The normalized spacial score (nSPS) is 20.0. The molecule has 0 aliphatic carbocycles. The average Bonchev–Trinajstić information content (AvgIpc) is 2.85. The molecule has 120 valence electrons. The van der Waals surface area contributed by atoms with Crippen molar-refractivity contribution < 1.29 is 17.6 Å². The fourth-order valence-corrected chi connectivity index (χ4v) is 3.98. The van der Waals surface area contributed by atoms with Gasteiger partial charge < -0.3 is 14.5 Å². The molecule has 1 fully saturated rings. The summed E-state index contributed by atoms with van der Waals surface area (Å²) in [6.07, 6.45) is 0. The lowest BCUT2D eigenvalue weighted by atomic mass is 10.1. The third kappa shape index (κ3) is 3.66. The smallest absolute Gasteiger partial charge is 0.277 e. The van der Waals surface area contributed by atoms with Crippen LogP contribution in [-0.4, -0.2) is 44.1 Å². The van der Waals surface area contributed by atoms with Gasteiger partial charge in [-0.15, -0.1) is 0 Å². The summed E-state index contributed by atoms with van der Waals surface area (Å²) in [5.41, 5.74) is -0.569. The molecule has 1 aliphatic rings. The minimum Gasteiger partial charge on any atom is -0.447 e. The van der Waals surface area contributed by atoms with E-state index in [0.29, 0.717) is 38.1 Å². The van der Waals surface area contributed by atoms with Crippen molar-refractivity contribution >= 4 is 10.0 Å². The van der Waals surface area contributed by atoms with Crippen LogP contribution < -0.4 is 5.32 Å². The van der Waals surface area contributed by atoms with Crippen molar-refractivity contribution in [3.8, 4) is 0 Å². The average molecular weight is 316 g/mol. The Hall–Kier alpha value is -0.890. The summed E-state index contributed by atoms with van der Waals surface area (Å²) in [6, 6.07) is 3.54. The van der Waals surface area contributed by atoms with Gasteiger partial charge in [0, 0.05) is 12.6 Å². The van der Waals surface area contributed by atoms with E-state index in [2.05, 4.69) is 5.32 Å². The van der Waals surface area contributed by atoms with Gasteiger partial charge in [-0.25, -0.2) is 8.42 Å². The Labute approximate surface area is 126 Å². The fraction of sp³-hybridized carbons (Fsp3) is 0.714. The molecule has 0 aromatic carbocycles. The van der Waals surface area contributed by atoms with Gasteiger partial charge in [0.05, 0.1) is 25.3 Å². The molecule has 1 aromatic heterocycles. The maximum atomic E-state index is 12.7. The van der Waals surface area contributed by atoms with E-state index in [9.17, 15) is 8.42 Å². The summed E-state index contributed by atoms with van der Waals surface area (Å²) in [5.74, 6) is 0.619. The highest BCUT2D eigenvalue weighted by Gasteiger charge is 2.41. The molecule has 1 aromatic rings. The fourth-order valence-electron chi connectivity index (χ4n) is 2.29. The Balaban J connectivity index is 2.19. The number of rotatable bonds is 5. The number of sulfonamides is 1. The number of nitrogens with one attached hydrogen (secondary N) is 1. The van der Waals surface area contributed by atoms with Crippen molar-refractivity contribution in [2.45, 2.75) is 50.9 Å². The van der Waals surface area contributed by atoms with Gasteiger partial charge in [0.15, 0.2) is 0 Å². The molecule has 0 bridgehead atoms. The summed E-state index contributed by atoms with van der Waals surface area (Å²) in [7, 11) is -3.63. The molecular formula is C14H24N2O4S. The number of hydrogen-bond acceptors (Lipinski definition) is 5. The van der Waals surface area contributed by atoms with E-state index < -0.39 is 15.6 Å². The lowest BCUT2D eigenvalue weighted by molar-refractivity contribution is -0.00833. The first-order chi connectivity index (χ1) is 9.73. The van der Waals surface area contributed by atoms with E-state index in [1.54, 1.807) is 6.07 Å². The number of furan rings is 1. The summed E-state index contributed by atoms with van der Waals surface area (Å²) in [4.78, 5) is 0. The van der Waals surface area contributed by atoms with Crippen molar-refractivity contribution in [2.24, 2.45) is 0 Å². The standard InChI is InChI=1S/C14H24N2O4S/c1-11(2)15-9-12-5-6-13(20-12)21(17,18)16-7-8-19-10-14(16,3)4/h5-6,11,15H,7-10H2,1-4H3. The van der Waals surface area contributed by atoms with Crippen LogP contribution in [-0.2, 0) is 21.3 Å². The van der Waals surface area contributed by atoms with Crippen LogP contribution in [0.2, 0.25) is 0 Å². The van der Waals surface area contributed by atoms with Crippen LogP contribution in [0.5, 0.6) is 0 Å². The van der Waals surface area contributed by atoms with Crippen molar-refractivity contribution in [1.82, 2.24) is 9.62 Å². The van der Waals surface area contributed by atoms with E-state index in [-0.39, 0.29) is 5.09 Å². The van der Waals surface area contributed by atoms with Crippen LogP contribution in [0.1, 0.15) is 33.5 Å². The minimum absolute atomic E-state index is 0.00182. The predicted molar refractivity (Wildman–Crippen MR) is 79.5 cm³/mol. The highest BCUT2D eigenvalue weighted by molar-refractivity contribution is 7.89. The molecule has 1 saturated heterocycles. The zero-order chi connectivity index (χ0) is 15.7. The quantitative estimate of drug-likeness (QED) is 0.893. The Morgan fingerprint density at radius 3 is 2.71 bits per heavy atom. The molecule has 21 heavy (non-hydrogen) atoms. The summed E-state index contributed by atoms with van der Waals surface area (Å²) >= 11 is 0. The molecule has 0 unspecified atom stereocenters. The Morgan fingerprint density at radius 2 is 2.10 bits per heavy atom. The first-order valence-electron chi connectivity index (χ1n) is 7.16. The van der Waals surface area contributed by atoms with Gasteiger partial charge in [-0.2, -0.15) is 4.31 Å². The van der Waals surface area contributed by atoms with Gasteiger partial charge >= 0.3 is 0 Å². The minimum atomic E-state index is -3.63. The first kappa shape index (κ1) is 16.5. The van der Waals surface area contributed by atoms with E-state index in [0.717, 1.165) is 0 Å². The van der Waals surface area contributed by atoms with Gasteiger partial charge in [-0.05, 0) is 26.0 Å². The Morgan fingerprint density at radius 1 is 1.38 bits per heavy atom. The number of ether oxygens (including phenoxy) is 1. The van der Waals surface area contributed by atoms with Gasteiger partial charge in [-0.1, -0.05) is 13.8 Å². The molecule has 0 amide bonds. The van der Waals surface area contributed by atoms with E-state index in [1.807, 2.05) is 27.7 Å². The van der Waals surface area contributed by atoms with Crippen LogP contribution in [0.4, 0.5) is 0 Å². The largest absolute Gasteiger partial charge is 0.447 e. The van der Waals surface area contributed by atoms with Gasteiger partial charge in [0.1, 0.15) is 5.76 Å². The summed E-state index contributed by atoms with van der Waals surface area (Å²) in [5, 5.41) is 3.20. The van der Waals surface area contributed by atoms with E-state index in [4.69, 9.17) is 9.15 Å². The second-order valence-corrected chi connectivity index (χ2v) is 7.99. The summed E-state index contributed by atoms with van der Waals surface area (Å²) < 4.78 is 37.8. The highest BCUT2D eigenvalue weighted by atomic mass is 32.2. The topological polar surface area (TPSA) is 71.8 Å². The molecule has 2 rings (SSSR count). The second kappa shape index (κ2) is 6.08. The van der Waals surface area contributed by atoms with Crippen LogP contribution in [0.15, 0.2) is 21.6 Å².